The smallest absolute Gasteiger partial charge is 0.258 e. The molecule has 0 aliphatic carbocycles. The first kappa shape index (κ1) is 36.9. The number of anilines is 1. The molecule has 260 valence electrons. The van der Waals surface area contributed by atoms with Crippen molar-refractivity contribution in [2.45, 2.75) is 63.2 Å². The molecular formula is C36H47N3O8S. The van der Waals surface area contributed by atoms with E-state index in [4.69, 9.17) is 14.2 Å². The van der Waals surface area contributed by atoms with Crippen LogP contribution in [0, 0.1) is 5.92 Å². The third-order valence-corrected chi connectivity index (χ3v) is 10.4. The molecule has 4 rings (SSSR count). The van der Waals surface area contributed by atoms with Gasteiger partial charge in [0.1, 0.15) is 11.5 Å². The van der Waals surface area contributed by atoms with Crippen molar-refractivity contribution in [1.82, 2.24) is 9.21 Å². The molecule has 1 aliphatic rings. The van der Waals surface area contributed by atoms with E-state index in [0.717, 1.165) is 12.8 Å². The van der Waals surface area contributed by atoms with Crippen LogP contribution >= 0.6 is 0 Å². The number of carbonyl (C=O) groups is 2. The first-order chi connectivity index (χ1) is 22.9. The first-order valence-corrected chi connectivity index (χ1v) is 17.7. The number of aliphatic hydroxyl groups is 1. The number of benzene rings is 3. The van der Waals surface area contributed by atoms with Gasteiger partial charge in [-0.15, -0.1) is 0 Å². The number of hydrogen-bond donors (Lipinski definition) is 2. The third-order valence-electron chi connectivity index (χ3n) is 8.55. The predicted molar refractivity (Wildman–Crippen MR) is 184 cm³/mol. The highest BCUT2D eigenvalue weighted by atomic mass is 32.2. The number of ether oxygens (including phenoxy) is 3. The lowest BCUT2D eigenvalue weighted by atomic mass is 10.0. The minimum atomic E-state index is -3.85. The number of carbonyl (C=O) groups excluding carboxylic acids is 2. The van der Waals surface area contributed by atoms with Gasteiger partial charge in [-0.25, -0.2) is 8.42 Å². The molecule has 0 fully saturated rings. The van der Waals surface area contributed by atoms with E-state index in [1.165, 1.54) is 30.6 Å². The average molecular weight is 682 g/mol. The Labute approximate surface area is 283 Å². The van der Waals surface area contributed by atoms with Gasteiger partial charge in [-0.05, 0) is 87.7 Å². The summed E-state index contributed by atoms with van der Waals surface area (Å²) in [6, 6.07) is 19.4. The van der Waals surface area contributed by atoms with Crippen molar-refractivity contribution < 1.29 is 37.3 Å². The van der Waals surface area contributed by atoms with Gasteiger partial charge in [0, 0.05) is 43.9 Å². The lowest BCUT2D eigenvalue weighted by Crippen LogP contribution is -2.48. The second kappa shape index (κ2) is 16.9. The minimum absolute atomic E-state index is 0.0524. The molecule has 1 aliphatic heterocycles. The zero-order chi connectivity index (χ0) is 34.8. The highest BCUT2D eigenvalue weighted by Gasteiger charge is 2.32. The lowest BCUT2D eigenvalue weighted by Gasteiger charge is -2.35. The van der Waals surface area contributed by atoms with Gasteiger partial charge in [-0.2, -0.15) is 4.31 Å². The maximum Gasteiger partial charge on any atom is 0.258 e. The molecule has 3 aromatic rings. The molecule has 12 heteroatoms. The summed E-state index contributed by atoms with van der Waals surface area (Å²) in [5.74, 6) is -0.112. The third kappa shape index (κ3) is 9.34. The quantitative estimate of drug-likeness (QED) is 0.320. The zero-order valence-electron chi connectivity index (χ0n) is 28.3. The standard InChI is InChI=1S/C36H47N3O8S/c1-25-22-39(26(2)24-40)36(42)32-21-29(37-35(41)28-12-7-6-8-13-28)14-19-33(32)47-27(3)11-9-10-20-46-34(25)23-38(4)48(43,44)31-17-15-30(45-5)16-18-31/h6-8,12-19,21,25-27,34,40H,9-11,20,22-24H2,1-5H3,(H,37,41)/t25-,26+,27+,34-/m0/s1. The maximum atomic E-state index is 14.4. The van der Waals surface area contributed by atoms with Gasteiger partial charge in [0.2, 0.25) is 10.0 Å². The van der Waals surface area contributed by atoms with Crippen molar-refractivity contribution >= 4 is 27.5 Å². The Bertz CT molecular complexity index is 1620. The van der Waals surface area contributed by atoms with Crippen LogP contribution in [-0.2, 0) is 14.8 Å². The van der Waals surface area contributed by atoms with Gasteiger partial charge in [0.25, 0.3) is 11.8 Å². The van der Waals surface area contributed by atoms with Gasteiger partial charge >= 0.3 is 0 Å². The van der Waals surface area contributed by atoms with E-state index in [-0.39, 0.29) is 48.1 Å². The van der Waals surface area contributed by atoms with E-state index in [1.54, 1.807) is 66.4 Å². The van der Waals surface area contributed by atoms with Crippen LogP contribution in [0.2, 0.25) is 0 Å². The van der Waals surface area contributed by atoms with Gasteiger partial charge in [0.05, 0.1) is 42.4 Å². The van der Waals surface area contributed by atoms with Crippen molar-refractivity contribution in [3.63, 3.8) is 0 Å². The molecular weight excluding hydrogens is 634 g/mol. The van der Waals surface area contributed by atoms with E-state index < -0.39 is 28.1 Å². The Balaban J connectivity index is 1.64. The first-order valence-electron chi connectivity index (χ1n) is 16.3. The highest BCUT2D eigenvalue weighted by Crippen LogP contribution is 2.29. The highest BCUT2D eigenvalue weighted by molar-refractivity contribution is 7.89. The van der Waals surface area contributed by atoms with Crippen LogP contribution in [0.25, 0.3) is 0 Å². The summed E-state index contributed by atoms with van der Waals surface area (Å²) in [5, 5.41) is 13.1. The summed E-state index contributed by atoms with van der Waals surface area (Å²) in [6.45, 7) is 5.91. The fraction of sp³-hybridized carbons (Fsp3) is 0.444. The number of aliphatic hydroxyl groups excluding tert-OH is 1. The summed E-state index contributed by atoms with van der Waals surface area (Å²) >= 11 is 0. The maximum absolute atomic E-state index is 14.4. The van der Waals surface area contributed by atoms with Gasteiger partial charge < -0.3 is 29.5 Å². The topological polar surface area (TPSA) is 135 Å². The molecule has 3 aromatic carbocycles. The number of nitrogens with one attached hydrogen (secondary N) is 1. The van der Waals surface area contributed by atoms with E-state index in [2.05, 4.69) is 5.32 Å². The molecule has 1 heterocycles. The Morgan fingerprint density at radius 1 is 1.08 bits per heavy atom. The van der Waals surface area contributed by atoms with Crippen molar-refractivity contribution in [2.24, 2.45) is 5.92 Å². The molecule has 0 radical (unpaired) electrons. The van der Waals surface area contributed by atoms with Crippen molar-refractivity contribution in [3.05, 3.63) is 83.9 Å². The zero-order valence-corrected chi connectivity index (χ0v) is 29.1. The van der Waals surface area contributed by atoms with Crippen molar-refractivity contribution in [1.29, 1.82) is 0 Å². The van der Waals surface area contributed by atoms with E-state index >= 15 is 0 Å². The minimum Gasteiger partial charge on any atom is -0.497 e. The SMILES string of the molecule is COc1ccc(S(=O)(=O)N(C)C[C@@H]2OCCCC[C@@H](C)Oc3ccc(NC(=O)c4ccccc4)cc3C(=O)N([C@H](C)CO)C[C@@H]2C)cc1. The van der Waals surface area contributed by atoms with Crippen molar-refractivity contribution in [3.8, 4) is 11.5 Å². The van der Waals surface area contributed by atoms with Crippen LogP contribution in [0.15, 0.2) is 77.7 Å². The molecule has 2 amide bonds. The fourth-order valence-corrected chi connectivity index (χ4v) is 6.72. The Hall–Kier alpha value is -3.97. The number of methoxy groups -OCH3 is 1. The summed E-state index contributed by atoms with van der Waals surface area (Å²) in [4.78, 5) is 29.0. The van der Waals surface area contributed by atoms with Crippen LogP contribution in [0.5, 0.6) is 11.5 Å². The normalized spacial score (nSPS) is 20.3. The number of rotatable bonds is 9. The Morgan fingerprint density at radius 3 is 2.46 bits per heavy atom. The average Bonchev–Trinajstić information content (AvgIpc) is 3.09. The number of nitrogens with zero attached hydrogens (tertiary/aromatic N) is 2. The molecule has 0 saturated carbocycles. The Morgan fingerprint density at radius 2 is 1.79 bits per heavy atom. The van der Waals surface area contributed by atoms with Gasteiger partial charge in [0.15, 0.2) is 0 Å². The van der Waals surface area contributed by atoms with Crippen LogP contribution in [0.3, 0.4) is 0 Å². The second-order valence-electron chi connectivity index (χ2n) is 12.3. The number of sulfonamides is 1. The fourth-order valence-electron chi connectivity index (χ4n) is 5.53. The van der Waals surface area contributed by atoms with Gasteiger partial charge in [-0.1, -0.05) is 25.1 Å². The Kier molecular flexibility index (Phi) is 13.0. The molecule has 2 N–H and O–H groups in total. The van der Waals surface area contributed by atoms with Crippen molar-refractivity contribution in [2.75, 3.05) is 45.8 Å². The molecule has 0 bridgehead atoms. The molecule has 4 atom stereocenters. The van der Waals surface area contributed by atoms with Crippen LogP contribution < -0.4 is 14.8 Å². The molecule has 11 nitrogen and oxygen atoms in total. The van der Waals surface area contributed by atoms with Crippen LogP contribution in [-0.4, -0.2) is 93.3 Å². The van der Waals surface area contributed by atoms with E-state index in [1.807, 2.05) is 19.9 Å². The molecule has 0 aromatic heterocycles. The largest absolute Gasteiger partial charge is 0.497 e. The molecule has 0 unspecified atom stereocenters. The van der Waals surface area contributed by atoms with Gasteiger partial charge in [-0.3, -0.25) is 9.59 Å². The predicted octanol–water partition coefficient (Wildman–Crippen LogP) is 5.06. The van der Waals surface area contributed by atoms with E-state index in [0.29, 0.717) is 35.8 Å². The summed E-state index contributed by atoms with van der Waals surface area (Å²) in [5.41, 5.74) is 1.14. The summed E-state index contributed by atoms with van der Waals surface area (Å²) in [7, 11) is -0.818. The lowest BCUT2D eigenvalue weighted by molar-refractivity contribution is -0.00834. The second-order valence-corrected chi connectivity index (χ2v) is 14.3. The van der Waals surface area contributed by atoms with Crippen LogP contribution in [0.4, 0.5) is 5.69 Å². The number of amides is 2. The van der Waals surface area contributed by atoms with Crippen LogP contribution in [0.1, 0.15) is 60.7 Å². The monoisotopic (exact) mass is 681 g/mol. The number of fused-ring (bicyclic) bond motifs is 1. The molecule has 0 spiro atoms. The number of likely N-dealkylation sites (N-methyl/N-ethyl adjacent to an activating group) is 1. The summed E-state index contributed by atoms with van der Waals surface area (Å²) < 4.78 is 46.1. The molecule has 0 saturated heterocycles. The van der Waals surface area contributed by atoms with E-state index in [9.17, 15) is 23.1 Å². The summed E-state index contributed by atoms with van der Waals surface area (Å²) in [6.07, 6.45) is 1.45. The number of hydrogen-bond acceptors (Lipinski definition) is 8. The molecule has 48 heavy (non-hydrogen) atoms.